The van der Waals surface area contributed by atoms with Crippen LogP contribution in [0.1, 0.15) is 49.4 Å². The summed E-state index contributed by atoms with van der Waals surface area (Å²) in [6.07, 6.45) is 0.380. The van der Waals surface area contributed by atoms with Crippen LogP contribution in [0.3, 0.4) is 0 Å². The van der Waals surface area contributed by atoms with Crippen molar-refractivity contribution in [3.63, 3.8) is 0 Å². The van der Waals surface area contributed by atoms with Gasteiger partial charge in [0.25, 0.3) is 0 Å². The largest absolute Gasteiger partial charge is 0.493 e. The Morgan fingerprint density at radius 2 is 1.20 bits per heavy atom. The highest BCUT2D eigenvalue weighted by Gasteiger charge is 2.29. The molecule has 2 aliphatic heterocycles. The molecule has 35 heavy (non-hydrogen) atoms. The number of carbonyl (C=O) groups is 1. The van der Waals surface area contributed by atoms with Gasteiger partial charge in [0.2, 0.25) is 0 Å². The lowest BCUT2D eigenvalue weighted by Gasteiger charge is -2.24. The highest BCUT2D eigenvalue weighted by molar-refractivity contribution is 5.69. The fraction of sp³-hybridized carbons (Fsp3) is 0.519. The van der Waals surface area contributed by atoms with Crippen molar-refractivity contribution >= 4 is 6.09 Å². The maximum Gasteiger partial charge on any atom is 0.410 e. The number of nitrogens with zero attached hydrogens (tertiary/aromatic N) is 2. The average Bonchev–Trinajstić information content (AvgIpc) is 3.37. The van der Waals surface area contributed by atoms with Crippen molar-refractivity contribution in [2.24, 2.45) is 0 Å². The zero-order chi connectivity index (χ0) is 25.2. The summed E-state index contributed by atoms with van der Waals surface area (Å²) in [5.74, 6) is 2.84. The normalized spacial score (nSPS) is 15.0. The van der Waals surface area contributed by atoms with Gasteiger partial charge in [0.05, 0.1) is 27.4 Å². The third-order valence-corrected chi connectivity index (χ3v) is 6.03. The van der Waals surface area contributed by atoms with Crippen LogP contribution in [-0.4, -0.2) is 56.0 Å². The highest BCUT2D eigenvalue weighted by Crippen LogP contribution is 2.37. The van der Waals surface area contributed by atoms with Crippen LogP contribution in [0.2, 0.25) is 0 Å². The van der Waals surface area contributed by atoms with Crippen LogP contribution in [0.25, 0.3) is 0 Å². The van der Waals surface area contributed by atoms with E-state index >= 15 is 0 Å². The van der Waals surface area contributed by atoms with Gasteiger partial charge in [-0.05, 0) is 74.3 Å². The topological polar surface area (TPSA) is 69.7 Å². The SMILES string of the molecule is COc1cc2c(cc1OCCCOc1cc3c(cc1OC)CN(C(=O)OC(C)(C)C)C3)CN(C)C2. The number of hydrogen-bond donors (Lipinski definition) is 0. The van der Waals surface area contributed by atoms with E-state index in [0.717, 1.165) is 35.7 Å². The predicted octanol–water partition coefficient (Wildman–Crippen LogP) is 4.75. The lowest BCUT2D eigenvalue weighted by atomic mass is 10.1. The van der Waals surface area contributed by atoms with E-state index in [-0.39, 0.29) is 6.09 Å². The number of fused-ring (bicyclic) bond motifs is 2. The molecule has 0 N–H and O–H groups in total. The molecule has 2 aromatic rings. The number of hydrogen-bond acceptors (Lipinski definition) is 7. The average molecular weight is 485 g/mol. The zero-order valence-electron chi connectivity index (χ0n) is 21.6. The number of ether oxygens (including phenoxy) is 5. The van der Waals surface area contributed by atoms with Gasteiger partial charge < -0.3 is 23.7 Å². The summed E-state index contributed by atoms with van der Waals surface area (Å²) in [5, 5.41) is 0. The third kappa shape index (κ3) is 5.93. The van der Waals surface area contributed by atoms with Gasteiger partial charge in [0.15, 0.2) is 23.0 Å². The molecule has 2 aromatic carbocycles. The number of amides is 1. The quantitative estimate of drug-likeness (QED) is 0.501. The van der Waals surface area contributed by atoms with E-state index < -0.39 is 5.60 Å². The first-order chi connectivity index (χ1) is 16.7. The molecule has 0 aromatic heterocycles. The molecule has 0 aliphatic carbocycles. The Morgan fingerprint density at radius 3 is 1.63 bits per heavy atom. The van der Waals surface area contributed by atoms with Crippen molar-refractivity contribution in [3.05, 3.63) is 46.5 Å². The first-order valence-electron chi connectivity index (χ1n) is 12.0. The predicted molar refractivity (Wildman–Crippen MR) is 132 cm³/mol. The molecule has 0 saturated heterocycles. The van der Waals surface area contributed by atoms with Crippen LogP contribution < -0.4 is 18.9 Å². The number of rotatable bonds is 8. The molecule has 1 amide bonds. The standard InChI is InChI=1S/C27H36N2O6/c1-27(2,3)35-26(30)29-16-20-11-23(32-6)25(13-21(20)17-29)34-9-7-8-33-24-12-19-15-28(4)14-18(19)10-22(24)31-5/h10-13H,7-9,14-17H2,1-6H3. The Labute approximate surface area is 207 Å². The van der Waals surface area contributed by atoms with Gasteiger partial charge >= 0.3 is 6.09 Å². The monoisotopic (exact) mass is 484 g/mol. The minimum Gasteiger partial charge on any atom is -0.493 e. The maximum absolute atomic E-state index is 12.5. The minimum absolute atomic E-state index is 0.319. The molecule has 8 heteroatoms. The summed E-state index contributed by atoms with van der Waals surface area (Å²) >= 11 is 0. The summed E-state index contributed by atoms with van der Waals surface area (Å²) < 4.78 is 28.6. The maximum atomic E-state index is 12.5. The van der Waals surface area contributed by atoms with Crippen LogP contribution in [0.4, 0.5) is 4.79 Å². The van der Waals surface area contributed by atoms with E-state index in [1.165, 1.54) is 11.1 Å². The summed E-state index contributed by atoms with van der Waals surface area (Å²) in [7, 11) is 5.39. The van der Waals surface area contributed by atoms with E-state index in [1.54, 1.807) is 19.1 Å². The van der Waals surface area contributed by atoms with Gasteiger partial charge in [0, 0.05) is 32.6 Å². The molecule has 190 valence electrons. The minimum atomic E-state index is -0.528. The van der Waals surface area contributed by atoms with Crippen molar-refractivity contribution < 1.29 is 28.5 Å². The van der Waals surface area contributed by atoms with Crippen LogP contribution in [0.5, 0.6) is 23.0 Å². The molecule has 8 nitrogen and oxygen atoms in total. The molecule has 0 atom stereocenters. The molecule has 0 spiro atoms. The number of carbonyl (C=O) groups excluding carboxylic acids is 1. The lowest BCUT2D eigenvalue weighted by Crippen LogP contribution is -2.33. The van der Waals surface area contributed by atoms with Crippen molar-refractivity contribution in [1.29, 1.82) is 0 Å². The van der Waals surface area contributed by atoms with Gasteiger partial charge in [-0.2, -0.15) is 0 Å². The van der Waals surface area contributed by atoms with E-state index in [9.17, 15) is 4.79 Å². The van der Waals surface area contributed by atoms with Crippen molar-refractivity contribution in [3.8, 4) is 23.0 Å². The van der Waals surface area contributed by atoms with E-state index in [0.29, 0.717) is 44.2 Å². The van der Waals surface area contributed by atoms with Gasteiger partial charge in [-0.3, -0.25) is 9.80 Å². The first-order valence-corrected chi connectivity index (χ1v) is 12.0. The molecule has 2 aliphatic rings. The Balaban J connectivity index is 1.32. The lowest BCUT2D eigenvalue weighted by molar-refractivity contribution is 0.0241. The van der Waals surface area contributed by atoms with Crippen LogP contribution in [0.15, 0.2) is 24.3 Å². The Bertz CT molecular complexity index is 1080. The molecule has 4 rings (SSSR count). The number of benzene rings is 2. The second-order valence-electron chi connectivity index (χ2n) is 10.1. The van der Waals surface area contributed by atoms with Gasteiger partial charge in [-0.15, -0.1) is 0 Å². The van der Waals surface area contributed by atoms with Gasteiger partial charge in [-0.1, -0.05) is 0 Å². The fourth-order valence-corrected chi connectivity index (χ4v) is 4.41. The zero-order valence-corrected chi connectivity index (χ0v) is 21.6. The number of methoxy groups -OCH3 is 2. The van der Waals surface area contributed by atoms with E-state index in [4.69, 9.17) is 23.7 Å². The Kier molecular flexibility index (Phi) is 7.31. The molecule has 2 heterocycles. The fourth-order valence-electron chi connectivity index (χ4n) is 4.41. The summed E-state index contributed by atoms with van der Waals surface area (Å²) in [6, 6.07) is 8.05. The van der Waals surface area contributed by atoms with Crippen LogP contribution in [0, 0.1) is 0 Å². The third-order valence-electron chi connectivity index (χ3n) is 6.03. The van der Waals surface area contributed by atoms with Crippen LogP contribution >= 0.6 is 0 Å². The first kappa shape index (κ1) is 25.0. The van der Waals surface area contributed by atoms with E-state index in [2.05, 4.69) is 24.1 Å². The molecule has 0 unspecified atom stereocenters. The summed E-state index contributed by atoms with van der Waals surface area (Å²) in [4.78, 5) is 16.4. The van der Waals surface area contributed by atoms with Crippen molar-refractivity contribution in [1.82, 2.24) is 9.80 Å². The second kappa shape index (κ2) is 10.2. The summed E-state index contributed by atoms with van der Waals surface area (Å²) in [6.45, 7) is 9.41. The smallest absolute Gasteiger partial charge is 0.410 e. The molecule has 0 radical (unpaired) electrons. The second-order valence-corrected chi connectivity index (χ2v) is 10.1. The van der Waals surface area contributed by atoms with Crippen LogP contribution in [-0.2, 0) is 30.9 Å². The molecular formula is C27H36N2O6. The molecule has 0 fully saturated rings. The summed E-state index contributed by atoms with van der Waals surface area (Å²) in [5.41, 5.74) is 4.12. The van der Waals surface area contributed by atoms with Gasteiger partial charge in [0.1, 0.15) is 5.60 Å². The van der Waals surface area contributed by atoms with Crippen molar-refractivity contribution in [2.45, 2.75) is 59.0 Å². The molecule has 0 bridgehead atoms. The molecular weight excluding hydrogens is 448 g/mol. The van der Waals surface area contributed by atoms with E-state index in [1.807, 2.05) is 32.9 Å². The van der Waals surface area contributed by atoms with Gasteiger partial charge in [-0.25, -0.2) is 4.79 Å². The molecule has 0 saturated carbocycles. The Morgan fingerprint density at radius 1 is 0.771 bits per heavy atom. The Hall–Kier alpha value is -3.13. The highest BCUT2D eigenvalue weighted by atomic mass is 16.6. The van der Waals surface area contributed by atoms with Crippen molar-refractivity contribution in [2.75, 3.05) is 34.5 Å².